The van der Waals surface area contributed by atoms with E-state index in [2.05, 4.69) is 10.1 Å². The number of benzene rings is 2. The molecule has 0 heterocycles. The predicted molar refractivity (Wildman–Crippen MR) is 83.6 cm³/mol. The van der Waals surface area contributed by atoms with E-state index in [-0.39, 0.29) is 0 Å². The van der Waals surface area contributed by atoms with Crippen LogP contribution >= 0.6 is 0 Å². The summed E-state index contributed by atoms with van der Waals surface area (Å²) in [5.74, 6) is -6.46. The van der Waals surface area contributed by atoms with Gasteiger partial charge in [-0.05, 0) is 11.5 Å². The highest BCUT2D eigenvalue weighted by Crippen LogP contribution is 2.23. The lowest BCUT2D eigenvalue weighted by molar-refractivity contribution is -0.176. The number of hydrogen-bond donors (Lipinski definition) is 1. The van der Waals surface area contributed by atoms with Gasteiger partial charge in [0.25, 0.3) is 0 Å². The minimum absolute atomic E-state index is 0.491. The van der Waals surface area contributed by atoms with Crippen molar-refractivity contribution in [2.75, 3.05) is 11.9 Å². The molecule has 0 aliphatic carbocycles. The fourth-order valence-corrected chi connectivity index (χ4v) is 1.93. The van der Waals surface area contributed by atoms with Gasteiger partial charge in [0.2, 0.25) is 5.91 Å². The Labute approximate surface area is 140 Å². The first-order chi connectivity index (χ1) is 11.8. The van der Waals surface area contributed by atoms with Crippen LogP contribution in [0.15, 0.2) is 54.6 Å². The van der Waals surface area contributed by atoms with Gasteiger partial charge in [-0.25, -0.2) is 13.6 Å². The van der Waals surface area contributed by atoms with Crippen molar-refractivity contribution >= 4 is 28.3 Å². The van der Waals surface area contributed by atoms with Crippen LogP contribution in [0.2, 0.25) is 0 Å². The molecule has 8 heteroatoms. The molecule has 0 aromatic heterocycles. The number of ether oxygens (including phenoxy) is 1. The number of carbonyl (C=O) groups excluding carboxylic acids is 2. The van der Waals surface area contributed by atoms with Gasteiger partial charge in [-0.2, -0.15) is 8.78 Å². The minimum Gasteiger partial charge on any atom is -0.456 e. The number of carbonyl (C=O) groups is 2. The molecule has 1 amide bonds. The number of nitrogens with one attached hydrogen (secondary N) is 1. The van der Waals surface area contributed by atoms with E-state index < -0.39 is 30.8 Å². The SMILES string of the molecule is O=C(C=CC(=O)OCC(F)(F)C(F)F)Nc1cccc2ccccc12. The lowest BCUT2D eigenvalue weighted by Crippen LogP contribution is -2.33. The molecule has 4 nitrogen and oxygen atoms in total. The maximum absolute atomic E-state index is 12.6. The predicted octanol–water partition coefficient (Wildman–Crippen LogP) is 3.78. The fourth-order valence-electron chi connectivity index (χ4n) is 1.93. The zero-order valence-corrected chi connectivity index (χ0v) is 12.7. The van der Waals surface area contributed by atoms with Crippen molar-refractivity contribution in [2.45, 2.75) is 12.3 Å². The van der Waals surface area contributed by atoms with Crippen LogP contribution in [0, 0.1) is 0 Å². The van der Waals surface area contributed by atoms with E-state index in [9.17, 15) is 27.2 Å². The monoisotopic (exact) mass is 355 g/mol. The summed E-state index contributed by atoms with van der Waals surface area (Å²) in [7, 11) is 0. The average Bonchev–Trinajstić information content (AvgIpc) is 2.58. The molecule has 132 valence electrons. The summed E-state index contributed by atoms with van der Waals surface area (Å²) in [6, 6.07) is 12.5. The smallest absolute Gasteiger partial charge is 0.340 e. The molecule has 0 bridgehead atoms. The maximum atomic E-state index is 12.6. The molecular formula is C17H13F4NO3. The lowest BCUT2D eigenvalue weighted by Gasteiger charge is -2.14. The van der Waals surface area contributed by atoms with Crippen molar-refractivity contribution in [3.8, 4) is 0 Å². The van der Waals surface area contributed by atoms with E-state index >= 15 is 0 Å². The van der Waals surface area contributed by atoms with Crippen molar-refractivity contribution < 1.29 is 31.9 Å². The van der Waals surface area contributed by atoms with E-state index in [1.165, 1.54) is 0 Å². The summed E-state index contributed by atoms with van der Waals surface area (Å²) in [6.45, 7) is -1.77. The first-order valence-electron chi connectivity index (χ1n) is 7.09. The van der Waals surface area contributed by atoms with Gasteiger partial charge in [0, 0.05) is 23.2 Å². The van der Waals surface area contributed by atoms with Gasteiger partial charge >= 0.3 is 18.3 Å². The highest BCUT2D eigenvalue weighted by atomic mass is 19.3. The Bertz CT molecular complexity index is 800. The number of hydrogen-bond acceptors (Lipinski definition) is 3. The normalized spacial score (nSPS) is 11.9. The molecule has 0 saturated carbocycles. The zero-order valence-electron chi connectivity index (χ0n) is 12.7. The van der Waals surface area contributed by atoms with Crippen molar-refractivity contribution in [2.24, 2.45) is 0 Å². The van der Waals surface area contributed by atoms with Gasteiger partial charge in [0.05, 0.1) is 0 Å². The number of alkyl halides is 4. The third-order valence-corrected chi connectivity index (χ3v) is 3.14. The topological polar surface area (TPSA) is 55.4 Å². The standard InChI is InChI=1S/C17H13F4NO3/c18-16(19)17(20,21)10-25-15(24)9-8-14(23)22-13-7-3-5-11-4-1-2-6-12(11)13/h1-9,16H,10H2,(H,22,23). The maximum Gasteiger partial charge on any atom is 0.340 e. The Morgan fingerprint density at radius 1 is 1.08 bits per heavy atom. The number of amides is 1. The number of anilines is 1. The highest BCUT2D eigenvalue weighted by Gasteiger charge is 2.42. The van der Waals surface area contributed by atoms with Crippen LogP contribution < -0.4 is 5.32 Å². The highest BCUT2D eigenvalue weighted by molar-refractivity contribution is 6.07. The summed E-state index contributed by atoms with van der Waals surface area (Å²) >= 11 is 0. The third-order valence-electron chi connectivity index (χ3n) is 3.14. The Morgan fingerprint density at radius 3 is 2.48 bits per heavy atom. The van der Waals surface area contributed by atoms with Crippen LogP contribution in [-0.2, 0) is 14.3 Å². The van der Waals surface area contributed by atoms with E-state index in [0.717, 1.165) is 16.8 Å². The number of rotatable bonds is 6. The van der Waals surface area contributed by atoms with Crippen LogP contribution in [0.1, 0.15) is 0 Å². The molecule has 0 spiro atoms. The van der Waals surface area contributed by atoms with E-state index in [0.29, 0.717) is 11.8 Å². The molecule has 25 heavy (non-hydrogen) atoms. The third kappa shape index (κ3) is 5.03. The van der Waals surface area contributed by atoms with Crippen molar-refractivity contribution in [3.05, 3.63) is 54.6 Å². The Balaban J connectivity index is 1.95. The van der Waals surface area contributed by atoms with Gasteiger partial charge in [0.15, 0.2) is 6.61 Å². The molecule has 0 unspecified atom stereocenters. The van der Waals surface area contributed by atoms with Gasteiger partial charge in [0.1, 0.15) is 0 Å². The molecule has 0 saturated heterocycles. The second kappa shape index (κ2) is 7.78. The van der Waals surface area contributed by atoms with Crippen LogP contribution in [0.4, 0.5) is 23.2 Å². The van der Waals surface area contributed by atoms with Gasteiger partial charge in [-0.1, -0.05) is 36.4 Å². The molecule has 2 aromatic carbocycles. The van der Waals surface area contributed by atoms with Crippen molar-refractivity contribution in [3.63, 3.8) is 0 Å². The number of fused-ring (bicyclic) bond motifs is 1. The van der Waals surface area contributed by atoms with Crippen LogP contribution in [-0.4, -0.2) is 30.8 Å². The van der Waals surface area contributed by atoms with E-state index in [1.54, 1.807) is 24.3 Å². The first-order valence-corrected chi connectivity index (χ1v) is 7.09. The van der Waals surface area contributed by atoms with Crippen molar-refractivity contribution in [1.82, 2.24) is 0 Å². The van der Waals surface area contributed by atoms with Gasteiger partial charge in [-0.3, -0.25) is 4.79 Å². The van der Waals surface area contributed by atoms with E-state index in [1.807, 2.05) is 18.2 Å². The number of halogens is 4. The van der Waals surface area contributed by atoms with Gasteiger partial charge < -0.3 is 10.1 Å². The first kappa shape index (κ1) is 18.4. The van der Waals surface area contributed by atoms with E-state index in [4.69, 9.17) is 0 Å². The van der Waals surface area contributed by atoms with Crippen LogP contribution in [0.5, 0.6) is 0 Å². The molecule has 0 aliphatic rings. The zero-order chi connectivity index (χ0) is 18.4. The largest absolute Gasteiger partial charge is 0.456 e. The van der Waals surface area contributed by atoms with Crippen LogP contribution in [0.25, 0.3) is 10.8 Å². The van der Waals surface area contributed by atoms with Crippen molar-refractivity contribution in [1.29, 1.82) is 0 Å². The summed E-state index contributed by atoms with van der Waals surface area (Å²) in [6.07, 6.45) is -2.59. The lowest BCUT2D eigenvalue weighted by atomic mass is 10.1. The summed E-state index contributed by atoms with van der Waals surface area (Å²) in [4.78, 5) is 23.0. The molecule has 2 rings (SSSR count). The molecule has 0 atom stereocenters. The molecular weight excluding hydrogens is 342 g/mol. The molecule has 0 aliphatic heterocycles. The molecule has 0 radical (unpaired) electrons. The Morgan fingerprint density at radius 2 is 1.76 bits per heavy atom. The Hall–Kier alpha value is -2.90. The Kier molecular flexibility index (Phi) is 5.74. The van der Waals surface area contributed by atoms with Gasteiger partial charge in [-0.15, -0.1) is 0 Å². The molecule has 2 aromatic rings. The quantitative estimate of drug-likeness (QED) is 0.487. The average molecular weight is 355 g/mol. The summed E-state index contributed by atoms with van der Waals surface area (Å²) in [5, 5.41) is 4.19. The van der Waals surface area contributed by atoms with Crippen LogP contribution in [0.3, 0.4) is 0 Å². The summed E-state index contributed by atoms with van der Waals surface area (Å²) in [5.41, 5.74) is 0.491. The second-order valence-electron chi connectivity index (χ2n) is 5.02. The molecule has 0 fully saturated rings. The molecule has 1 N–H and O–H groups in total. The number of esters is 1. The minimum atomic E-state index is -4.44. The fraction of sp³-hybridized carbons (Fsp3) is 0.176. The summed E-state index contributed by atoms with van der Waals surface area (Å²) < 4.78 is 53.1. The second-order valence-corrected chi connectivity index (χ2v) is 5.02.